The minimum atomic E-state index is -0.436. The molecule has 0 bridgehead atoms. The number of rotatable bonds is 4. The van der Waals surface area contributed by atoms with E-state index in [1.54, 1.807) is 7.05 Å². The largest absolute Gasteiger partial charge is 0.387 e. The van der Waals surface area contributed by atoms with E-state index in [0.717, 1.165) is 11.1 Å². The molecule has 0 atom stereocenters. The van der Waals surface area contributed by atoms with Crippen LogP contribution in [-0.4, -0.2) is 19.4 Å². The van der Waals surface area contributed by atoms with Gasteiger partial charge in [0, 0.05) is 12.7 Å². The fourth-order valence-electron chi connectivity index (χ4n) is 6.63. The fourth-order valence-corrected chi connectivity index (χ4v) is 6.63. The molecule has 2 aliphatic carbocycles. The Balaban J connectivity index is 1.56. The molecule has 0 radical (unpaired) electrons. The molecule has 2 amide bonds. The van der Waals surface area contributed by atoms with Crippen LogP contribution in [0.25, 0.3) is 33.4 Å². The van der Waals surface area contributed by atoms with Crippen LogP contribution in [0, 0.1) is 0 Å². The zero-order valence-corrected chi connectivity index (χ0v) is 20.8. The highest BCUT2D eigenvalue weighted by molar-refractivity contribution is 6.06. The molecule has 7 rings (SSSR count). The summed E-state index contributed by atoms with van der Waals surface area (Å²) in [6.45, 7) is 0. The number of amides is 2. The van der Waals surface area contributed by atoms with Gasteiger partial charge in [0.2, 0.25) is 6.41 Å². The predicted molar refractivity (Wildman–Crippen MR) is 151 cm³/mol. The summed E-state index contributed by atoms with van der Waals surface area (Å²) < 4.78 is 0. The quantitative estimate of drug-likeness (QED) is 0.271. The SMILES string of the molecule is CNc1ccc(-c2cccc3c2-c2ccccc2C32c3ccccc3-c3ccccc32)cc1C(=O)NC=O. The van der Waals surface area contributed by atoms with E-state index in [1.165, 1.54) is 44.5 Å². The molecule has 0 aliphatic heterocycles. The lowest BCUT2D eigenvalue weighted by Gasteiger charge is -2.30. The van der Waals surface area contributed by atoms with E-state index in [9.17, 15) is 9.59 Å². The van der Waals surface area contributed by atoms with Gasteiger partial charge in [0.15, 0.2) is 0 Å². The topological polar surface area (TPSA) is 58.2 Å². The fraction of sp³-hybridized carbons (Fsp3) is 0.0588. The first-order chi connectivity index (χ1) is 18.7. The third-order valence-electron chi connectivity index (χ3n) is 8.06. The molecule has 4 heteroatoms. The highest BCUT2D eigenvalue weighted by Gasteiger charge is 2.51. The first kappa shape index (κ1) is 22.3. The third-order valence-corrected chi connectivity index (χ3v) is 8.06. The van der Waals surface area contributed by atoms with Crippen LogP contribution >= 0.6 is 0 Å². The van der Waals surface area contributed by atoms with E-state index in [0.29, 0.717) is 17.7 Å². The van der Waals surface area contributed by atoms with Crippen molar-refractivity contribution in [3.63, 3.8) is 0 Å². The molecule has 38 heavy (non-hydrogen) atoms. The van der Waals surface area contributed by atoms with Crippen LogP contribution in [0.15, 0.2) is 109 Å². The predicted octanol–water partition coefficient (Wildman–Crippen LogP) is 6.63. The summed E-state index contributed by atoms with van der Waals surface area (Å²) in [4.78, 5) is 23.8. The molecular weight excluding hydrogens is 468 g/mol. The first-order valence-corrected chi connectivity index (χ1v) is 12.7. The molecule has 0 saturated heterocycles. The average Bonchev–Trinajstić information content (AvgIpc) is 3.44. The minimum absolute atomic E-state index is 0.419. The monoisotopic (exact) mass is 492 g/mol. The maximum absolute atomic E-state index is 12.7. The number of nitrogens with one attached hydrogen (secondary N) is 2. The Morgan fingerprint density at radius 3 is 1.84 bits per heavy atom. The van der Waals surface area contributed by atoms with Crippen molar-refractivity contribution in [1.29, 1.82) is 0 Å². The molecule has 4 nitrogen and oxygen atoms in total. The molecule has 1 spiro atoms. The first-order valence-electron chi connectivity index (χ1n) is 12.7. The van der Waals surface area contributed by atoms with Crippen molar-refractivity contribution in [3.8, 4) is 33.4 Å². The second-order valence-electron chi connectivity index (χ2n) is 9.72. The standard InChI is InChI=1S/C34H24N2O2/c1-35-31-18-17-21(19-26(31)33(38)36-20-37)22-12-8-16-30-32(22)25-11-4-7-15-29(25)34(30)27-13-5-2-9-23(27)24-10-3-6-14-28(24)34/h2-20,35H,1H3,(H,36,37,38). The molecule has 0 heterocycles. The van der Waals surface area contributed by atoms with Crippen molar-refractivity contribution in [2.24, 2.45) is 0 Å². The molecule has 5 aromatic rings. The van der Waals surface area contributed by atoms with Gasteiger partial charge in [-0.05, 0) is 67.8 Å². The van der Waals surface area contributed by atoms with E-state index >= 15 is 0 Å². The highest BCUT2D eigenvalue weighted by Crippen LogP contribution is 2.63. The second kappa shape index (κ2) is 8.29. The number of anilines is 1. The summed E-state index contributed by atoms with van der Waals surface area (Å²) in [6.07, 6.45) is 0.420. The molecular formula is C34H24N2O2. The number of imide groups is 1. The van der Waals surface area contributed by atoms with Gasteiger partial charge in [0.25, 0.3) is 5.91 Å². The van der Waals surface area contributed by atoms with Gasteiger partial charge >= 0.3 is 0 Å². The van der Waals surface area contributed by atoms with Crippen LogP contribution in [0.3, 0.4) is 0 Å². The van der Waals surface area contributed by atoms with Gasteiger partial charge < -0.3 is 5.32 Å². The van der Waals surface area contributed by atoms with Gasteiger partial charge in [-0.2, -0.15) is 0 Å². The molecule has 2 N–H and O–H groups in total. The highest BCUT2D eigenvalue weighted by atomic mass is 16.2. The number of carbonyl (C=O) groups is 2. The zero-order valence-electron chi connectivity index (χ0n) is 20.8. The summed E-state index contributed by atoms with van der Waals surface area (Å²) in [7, 11) is 1.77. The van der Waals surface area contributed by atoms with E-state index in [-0.39, 0.29) is 0 Å². The lowest BCUT2D eigenvalue weighted by molar-refractivity contribution is -0.108. The lowest BCUT2D eigenvalue weighted by Crippen LogP contribution is -2.25. The number of carbonyl (C=O) groups excluding carboxylic acids is 2. The summed E-state index contributed by atoms with van der Waals surface area (Å²) in [5, 5.41) is 5.35. The Morgan fingerprint density at radius 2 is 1.21 bits per heavy atom. The van der Waals surface area contributed by atoms with Gasteiger partial charge in [0.1, 0.15) is 0 Å². The maximum atomic E-state index is 12.7. The van der Waals surface area contributed by atoms with Gasteiger partial charge in [-0.25, -0.2) is 0 Å². The number of hydrogen-bond donors (Lipinski definition) is 2. The van der Waals surface area contributed by atoms with Crippen LogP contribution in [0.5, 0.6) is 0 Å². The Bertz CT molecular complexity index is 1740. The van der Waals surface area contributed by atoms with Crippen molar-refractivity contribution in [1.82, 2.24) is 5.32 Å². The molecule has 2 aliphatic rings. The summed E-state index contributed by atoms with van der Waals surface area (Å²) >= 11 is 0. The number of benzene rings is 5. The van der Waals surface area contributed by atoms with Crippen molar-refractivity contribution < 1.29 is 9.59 Å². The van der Waals surface area contributed by atoms with Gasteiger partial charge in [-0.3, -0.25) is 14.9 Å². The number of hydrogen-bond acceptors (Lipinski definition) is 3. The van der Waals surface area contributed by atoms with Crippen molar-refractivity contribution in [3.05, 3.63) is 137 Å². The Morgan fingerprint density at radius 1 is 0.658 bits per heavy atom. The van der Waals surface area contributed by atoms with E-state index in [2.05, 4.69) is 102 Å². The number of fused-ring (bicyclic) bond motifs is 10. The van der Waals surface area contributed by atoms with Crippen LogP contribution in [0.1, 0.15) is 32.6 Å². The summed E-state index contributed by atoms with van der Waals surface area (Å²) in [5.41, 5.74) is 12.6. The summed E-state index contributed by atoms with van der Waals surface area (Å²) in [5.74, 6) is -0.436. The van der Waals surface area contributed by atoms with E-state index in [4.69, 9.17) is 0 Å². The lowest BCUT2D eigenvalue weighted by atomic mass is 9.70. The second-order valence-corrected chi connectivity index (χ2v) is 9.72. The van der Waals surface area contributed by atoms with Crippen LogP contribution < -0.4 is 10.6 Å². The molecule has 0 unspecified atom stereocenters. The smallest absolute Gasteiger partial charge is 0.259 e. The van der Waals surface area contributed by atoms with Gasteiger partial charge in [-0.15, -0.1) is 0 Å². The molecule has 0 saturated carbocycles. The van der Waals surface area contributed by atoms with Crippen molar-refractivity contribution in [2.45, 2.75) is 5.41 Å². The van der Waals surface area contributed by atoms with Crippen molar-refractivity contribution >= 4 is 18.0 Å². The van der Waals surface area contributed by atoms with Crippen LogP contribution in [-0.2, 0) is 10.2 Å². The van der Waals surface area contributed by atoms with Gasteiger partial charge in [-0.1, -0.05) is 97.1 Å². The Hall–Kier alpha value is -4.96. The Labute approximate surface area is 221 Å². The average molecular weight is 493 g/mol. The summed E-state index contributed by atoms with van der Waals surface area (Å²) in [6, 6.07) is 38.4. The van der Waals surface area contributed by atoms with Crippen LogP contribution in [0.2, 0.25) is 0 Å². The van der Waals surface area contributed by atoms with E-state index < -0.39 is 11.3 Å². The molecule has 0 aromatic heterocycles. The zero-order chi connectivity index (χ0) is 25.9. The molecule has 0 fully saturated rings. The van der Waals surface area contributed by atoms with Crippen molar-refractivity contribution in [2.75, 3.05) is 12.4 Å². The normalized spacial score (nSPS) is 13.3. The van der Waals surface area contributed by atoms with Gasteiger partial charge in [0.05, 0.1) is 11.0 Å². The third kappa shape index (κ3) is 2.80. The van der Waals surface area contributed by atoms with Crippen LogP contribution in [0.4, 0.5) is 5.69 Å². The molecule has 5 aromatic carbocycles. The Kier molecular flexibility index (Phi) is 4.85. The molecule has 182 valence electrons. The minimum Gasteiger partial charge on any atom is -0.387 e. The van der Waals surface area contributed by atoms with E-state index in [1.807, 2.05) is 18.2 Å². The maximum Gasteiger partial charge on any atom is 0.259 e.